The van der Waals surface area contributed by atoms with Crippen LogP contribution in [0.25, 0.3) is 0 Å². The maximum atomic E-state index is 12.3. The minimum atomic E-state index is 0.0717. The second kappa shape index (κ2) is 7.78. The van der Waals surface area contributed by atoms with Crippen LogP contribution < -0.4 is 0 Å². The van der Waals surface area contributed by atoms with Crippen molar-refractivity contribution in [1.29, 1.82) is 0 Å². The van der Waals surface area contributed by atoms with Gasteiger partial charge in [0.15, 0.2) is 0 Å². The van der Waals surface area contributed by atoms with Gasteiger partial charge in [-0.2, -0.15) is 0 Å². The van der Waals surface area contributed by atoms with Crippen LogP contribution in [0.1, 0.15) is 46.0 Å². The van der Waals surface area contributed by atoms with Crippen molar-refractivity contribution in [3.63, 3.8) is 0 Å². The first-order chi connectivity index (χ1) is 10.1. The third kappa shape index (κ3) is 4.99. The smallest absolute Gasteiger partial charge is 0.242 e. The monoisotopic (exact) mass is 296 g/mol. The van der Waals surface area contributed by atoms with E-state index in [1.54, 1.807) is 4.90 Å². The third-order valence-corrected chi connectivity index (χ3v) is 4.30. The fourth-order valence-electron chi connectivity index (χ4n) is 3.01. The van der Waals surface area contributed by atoms with Gasteiger partial charge in [0.25, 0.3) is 0 Å². The number of amides is 2. The minimum absolute atomic E-state index is 0.0717. The molecule has 5 heteroatoms. The molecule has 0 saturated carbocycles. The summed E-state index contributed by atoms with van der Waals surface area (Å²) in [6.45, 7) is 7.38. The maximum absolute atomic E-state index is 12.3. The van der Waals surface area contributed by atoms with Gasteiger partial charge >= 0.3 is 0 Å². The summed E-state index contributed by atoms with van der Waals surface area (Å²) in [5.74, 6) is 0.903. The molecule has 0 aromatic rings. The Morgan fingerprint density at radius 1 is 1.38 bits per heavy atom. The van der Waals surface area contributed by atoms with E-state index in [4.69, 9.17) is 4.74 Å². The molecule has 0 aromatic heterocycles. The summed E-state index contributed by atoms with van der Waals surface area (Å²) < 4.78 is 5.76. The maximum Gasteiger partial charge on any atom is 0.242 e. The van der Waals surface area contributed by atoms with Crippen LogP contribution in [0.2, 0.25) is 0 Å². The van der Waals surface area contributed by atoms with Crippen LogP contribution in [0.15, 0.2) is 0 Å². The van der Waals surface area contributed by atoms with Crippen molar-refractivity contribution in [3.8, 4) is 0 Å². The van der Waals surface area contributed by atoms with Crippen LogP contribution in [0.3, 0.4) is 0 Å². The quantitative estimate of drug-likeness (QED) is 0.749. The molecule has 2 fully saturated rings. The molecule has 1 atom stereocenters. The SMILES string of the molecule is CC(C)CCC[C@@H]1CN(C(=O)CN2CCCC2=O)CCO1. The van der Waals surface area contributed by atoms with Gasteiger partial charge in [-0.3, -0.25) is 9.59 Å². The van der Waals surface area contributed by atoms with E-state index in [1.807, 2.05) is 4.90 Å². The zero-order valence-electron chi connectivity index (χ0n) is 13.3. The molecule has 2 aliphatic rings. The van der Waals surface area contributed by atoms with Crippen molar-refractivity contribution < 1.29 is 14.3 Å². The van der Waals surface area contributed by atoms with Gasteiger partial charge in [-0.15, -0.1) is 0 Å². The summed E-state index contributed by atoms with van der Waals surface area (Å²) >= 11 is 0. The first kappa shape index (κ1) is 16.3. The number of hydrogen-bond donors (Lipinski definition) is 0. The number of ether oxygens (including phenoxy) is 1. The molecule has 0 spiro atoms. The van der Waals surface area contributed by atoms with Gasteiger partial charge in [-0.25, -0.2) is 0 Å². The van der Waals surface area contributed by atoms with E-state index in [9.17, 15) is 9.59 Å². The van der Waals surface area contributed by atoms with E-state index in [0.717, 1.165) is 25.8 Å². The van der Waals surface area contributed by atoms with Crippen molar-refractivity contribution in [3.05, 3.63) is 0 Å². The Morgan fingerprint density at radius 3 is 2.86 bits per heavy atom. The van der Waals surface area contributed by atoms with Crippen LogP contribution in [0, 0.1) is 5.92 Å². The lowest BCUT2D eigenvalue weighted by Gasteiger charge is -2.34. The molecule has 0 N–H and O–H groups in total. The first-order valence-corrected chi connectivity index (χ1v) is 8.23. The molecule has 0 unspecified atom stereocenters. The molecular weight excluding hydrogens is 268 g/mol. The summed E-state index contributed by atoms with van der Waals surface area (Å²) in [4.78, 5) is 27.5. The fraction of sp³-hybridized carbons (Fsp3) is 0.875. The summed E-state index contributed by atoms with van der Waals surface area (Å²) in [6.07, 6.45) is 5.01. The predicted octanol–water partition coefficient (Wildman–Crippen LogP) is 1.66. The molecule has 21 heavy (non-hydrogen) atoms. The van der Waals surface area contributed by atoms with E-state index in [-0.39, 0.29) is 24.5 Å². The second-order valence-corrected chi connectivity index (χ2v) is 6.58. The molecule has 0 aliphatic carbocycles. The molecule has 5 nitrogen and oxygen atoms in total. The molecule has 2 saturated heterocycles. The lowest BCUT2D eigenvalue weighted by molar-refractivity contribution is -0.143. The molecule has 0 aromatic carbocycles. The van der Waals surface area contributed by atoms with Crippen LogP contribution in [0.4, 0.5) is 0 Å². The Morgan fingerprint density at radius 2 is 2.19 bits per heavy atom. The highest BCUT2D eigenvalue weighted by molar-refractivity contribution is 5.85. The van der Waals surface area contributed by atoms with Gasteiger partial charge in [0.05, 0.1) is 19.3 Å². The Kier molecular flexibility index (Phi) is 6.03. The van der Waals surface area contributed by atoms with Gasteiger partial charge in [-0.1, -0.05) is 26.7 Å². The number of rotatable bonds is 6. The van der Waals surface area contributed by atoms with Gasteiger partial charge < -0.3 is 14.5 Å². The van der Waals surface area contributed by atoms with E-state index < -0.39 is 0 Å². The summed E-state index contributed by atoms with van der Waals surface area (Å²) in [6, 6.07) is 0. The summed E-state index contributed by atoms with van der Waals surface area (Å²) in [5, 5.41) is 0. The number of carbonyl (C=O) groups excluding carboxylic acids is 2. The zero-order chi connectivity index (χ0) is 15.2. The van der Waals surface area contributed by atoms with Gasteiger partial charge in [0, 0.05) is 26.1 Å². The van der Waals surface area contributed by atoms with E-state index >= 15 is 0 Å². The van der Waals surface area contributed by atoms with Crippen molar-refractivity contribution in [2.75, 3.05) is 32.8 Å². The number of hydrogen-bond acceptors (Lipinski definition) is 3. The third-order valence-electron chi connectivity index (χ3n) is 4.30. The lowest BCUT2D eigenvalue weighted by atomic mass is 10.0. The number of likely N-dealkylation sites (tertiary alicyclic amines) is 1. The first-order valence-electron chi connectivity index (χ1n) is 8.23. The van der Waals surface area contributed by atoms with Crippen molar-refractivity contribution >= 4 is 11.8 Å². The van der Waals surface area contributed by atoms with Crippen LogP contribution in [-0.2, 0) is 14.3 Å². The molecule has 2 aliphatic heterocycles. The van der Waals surface area contributed by atoms with Crippen molar-refractivity contribution in [2.24, 2.45) is 5.92 Å². The van der Waals surface area contributed by atoms with Gasteiger partial charge in [-0.05, 0) is 18.8 Å². The zero-order valence-corrected chi connectivity index (χ0v) is 13.3. The summed E-state index contributed by atoms with van der Waals surface area (Å²) in [5.41, 5.74) is 0. The van der Waals surface area contributed by atoms with E-state index in [0.29, 0.717) is 32.0 Å². The Labute approximate surface area is 127 Å². The minimum Gasteiger partial charge on any atom is -0.375 e. The van der Waals surface area contributed by atoms with Crippen molar-refractivity contribution in [1.82, 2.24) is 9.80 Å². The summed E-state index contributed by atoms with van der Waals surface area (Å²) in [7, 11) is 0. The number of carbonyl (C=O) groups is 2. The topological polar surface area (TPSA) is 49.9 Å². The molecular formula is C16H28N2O3. The van der Waals surface area contributed by atoms with Crippen molar-refractivity contribution in [2.45, 2.75) is 52.1 Å². The van der Waals surface area contributed by atoms with Gasteiger partial charge in [0.1, 0.15) is 0 Å². The highest BCUT2D eigenvalue weighted by Gasteiger charge is 2.28. The fourth-order valence-corrected chi connectivity index (χ4v) is 3.01. The van der Waals surface area contributed by atoms with E-state index in [2.05, 4.69) is 13.8 Å². The molecule has 2 rings (SSSR count). The van der Waals surface area contributed by atoms with E-state index in [1.165, 1.54) is 6.42 Å². The largest absolute Gasteiger partial charge is 0.375 e. The molecule has 2 amide bonds. The average Bonchev–Trinajstić information content (AvgIpc) is 2.84. The molecule has 0 bridgehead atoms. The Bertz CT molecular complexity index is 371. The van der Waals surface area contributed by atoms with Crippen LogP contribution in [-0.4, -0.2) is 60.5 Å². The predicted molar refractivity (Wildman–Crippen MR) is 80.8 cm³/mol. The van der Waals surface area contributed by atoms with Gasteiger partial charge in [0.2, 0.25) is 11.8 Å². The number of nitrogens with zero attached hydrogens (tertiary/aromatic N) is 2. The Hall–Kier alpha value is -1.10. The Balaban J connectivity index is 1.74. The lowest BCUT2D eigenvalue weighted by Crippen LogP contribution is -2.49. The molecule has 120 valence electrons. The normalized spacial score (nSPS) is 23.2. The average molecular weight is 296 g/mol. The highest BCUT2D eigenvalue weighted by Crippen LogP contribution is 2.16. The second-order valence-electron chi connectivity index (χ2n) is 6.58. The molecule has 0 radical (unpaired) electrons. The van der Waals surface area contributed by atoms with Crippen LogP contribution >= 0.6 is 0 Å². The highest BCUT2D eigenvalue weighted by atomic mass is 16.5. The standard InChI is InChI=1S/C16H28N2O3/c1-13(2)5-3-6-14-11-18(9-10-21-14)16(20)12-17-8-4-7-15(17)19/h13-14H,3-12H2,1-2H3/t14-/m1/s1. The number of morpholine rings is 1. The molecule has 2 heterocycles. The van der Waals surface area contributed by atoms with Crippen LogP contribution in [0.5, 0.6) is 0 Å².